The van der Waals surface area contributed by atoms with Crippen LogP contribution in [0.4, 0.5) is 0 Å². The molecule has 1 heterocycles. The summed E-state index contributed by atoms with van der Waals surface area (Å²) in [6, 6.07) is 0. The van der Waals surface area contributed by atoms with Gasteiger partial charge < -0.3 is 9.67 Å². The van der Waals surface area contributed by atoms with E-state index in [1.165, 1.54) is 11.8 Å². The van der Waals surface area contributed by atoms with Crippen molar-refractivity contribution in [3.8, 4) is 0 Å². The Balaban J connectivity index is 3.05. The van der Waals surface area contributed by atoms with Gasteiger partial charge in [0.1, 0.15) is 0 Å². The summed E-state index contributed by atoms with van der Waals surface area (Å²) in [5, 5.41) is 9.53. The quantitative estimate of drug-likeness (QED) is 0.795. The number of carbonyl (C=O) groups is 1. The van der Waals surface area contributed by atoms with Gasteiger partial charge in [0, 0.05) is 17.4 Å². The number of aliphatic carboxylic acids is 1. The van der Waals surface area contributed by atoms with Crippen LogP contribution in [0.1, 0.15) is 39.3 Å². The Morgan fingerprint density at radius 3 is 2.59 bits per heavy atom. The van der Waals surface area contributed by atoms with Gasteiger partial charge in [-0.25, -0.2) is 4.98 Å². The van der Waals surface area contributed by atoms with E-state index < -0.39 is 5.97 Å². The molecule has 0 atom stereocenters. The zero-order valence-corrected chi connectivity index (χ0v) is 11.7. The predicted molar refractivity (Wildman–Crippen MR) is 69.6 cm³/mol. The third kappa shape index (κ3) is 3.03. The molecule has 0 aromatic carbocycles. The first-order valence-electron chi connectivity index (χ1n) is 5.84. The second-order valence-corrected chi connectivity index (χ2v) is 5.35. The average Bonchev–Trinajstić information content (AvgIpc) is 2.67. The summed E-state index contributed by atoms with van der Waals surface area (Å²) in [4.78, 5) is 14.9. The van der Waals surface area contributed by atoms with Crippen molar-refractivity contribution in [1.82, 2.24) is 9.55 Å². The van der Waals surface area contributed by atoms with Gasteiger partial charge in [-0.05, 0) is 26.7 Å². The number of hydrogen-bond acceptors (Lipinski definition) is 3. The average molecular weight is 256 g/mol. The third-order valence-corrected chi connectivity index (χ3v) is 4.23. The van der Waals surface area contributed by atoms with Crippen LogP contribution in [-0.4, -0.2) is 26.4 Å². The number of thioether (sulfide) groups is 1. The second-order valence-electron chi connectivity index (χ2n) is 4.40. The Bertz CT molecular complexity index is 397. The standard InChI is InChI=1S/C12H20N2O2S/c1-5-12(4,6-2)14-9(3)7-13-11(14)17-8-10(15)16/h7H,5-6,8H2,1-4H3,(H,15,16). The fourth-order valence-corrected chi connectivity index (χ4v) is 2.74. The van der Waals surface area contributed by atoms with Gasteiger partial charge in [-0.3, -0.25) is 4.79 Å². The fourth-order valence-electron chi connectivity index (χ4n) is 1.87. The van der Waals surface area contributed by atoms with Gasteiger partial charge in [0.25, 0.3) is 0 Å². The van der Waals surface area contributed by atoms with Crippen LogP contribution in [0, 0.1) is 6.92 Å². The SMILES string of the molecule is CCC(C)(CC)n1c(C)cnc1SCC(=O)O. The van der Waals surface area contributed by atoms with Gasteiger partial charge in [-0.15, -0.1) is 0 Å². The van der Waals surface area contributed by atoms with Crippen molar-refractivity contribution in [3.63, 3.8) is 0 Å². The number of imidazole rings is 1. The van der Waals surface area contributed by atoms with Gasteiger partial charge >= 0.3 is 5.97 Å². The minimum Gasteiger partial charge on any atom is -0.481 e. The minimum absolute atomic E-state index is 0.0153. The van der Waals surface area contributed by atoms with Crippen LogP contribution < -0.4 is 0 Å². The zero-order chi connectivity index (χ0) is 13.1. The first-order chi connectivity index (χ1) is 7.94. The lowest BCUT2D eigenvalue weighted by Crippen LogP contribution is -2.30. The van der Waals surface area contributed by atoms with Crippen LogP contribution in [0.15, 0.2) is 11.4 Å². The lowest BCUT2D eigenvalue weighted by Gasteiger charge is -2.31. The third-order valence-electron chi connectivity index (χ3n) is 3.29. The van der Waals surface area contributed by atoms with Crippen molar-refractivity contribution < 1.29 is 9.90 Å². The lowest BCUT2D eigenvalue weighted by molar-refractivity contribution is -0.133. The van der Waals surface area contributed by atoms with Gasteiger partial charge in [0.15, 0.2) is 5.16 Å². The highest BCUT2D eigenvalue weighted by atomic mass is 32.2. The Hall–Kier alpha value is -0.970. The van der Waals surface area contributed by atoms with E-state index in [2.05, 4.69) is 30.3 Å². The van der Waals surface area contributed by atoms with E-state index in [9.17, 15) is 4.79 Å². The lowest BCUT2D eigenvalue weighted by atomic mass is 9.95. The highest BCUT2D eigenvalue weighted by molar-refractivity contribution is 7.99. The first-order valence-corrected chi connectivity index (χ1v) is 6.82. The second kappa shape index (κ2) is 5.58. The first kappa shape index (κ1) is 14.1. The van der Waals surface area contributed by atoms with E-state index in [4.69, 9.17) is 5.11 Å². The van der Waals surface area contributed by atoms with Crippen LogP contribution >= 0.6 is 11.8 Å². The van der Waals surface area contributed by atoms with Crippen molar-refractivity contribution in [1.29, 1.82) is 0 Å². The highest BCUT2D eigenvalue weighted by Gasteiger charge is 2.26. The Kier molecular flexibility index (Phi) is 4.62. The molecule has 5 heteroatoms. The maximum Gasteiger partial charge on any atom is 0.313 e. The van der Waals surface area contributed by atoms with Crippen molar-refractivity contribution in [2.75, 3.05) is 5.75 Å². The maximum absolute atomic E-state index is 10.6. The summed E-state index contributed by atoms with van der Waals surface area (Å²) in [5.74, 6) is -0.753. The molecule has 0 aliphatic heterocycles. The van der Waals surface area contributed by atoms with Crippen molar-refractivity contribution in [2.24, 2.45) is 0 Å². The molecule has 0 fully saturated rings. The molecule has 4 nitrogen and oxygen atoms in total. The molecule has 1 N–H and O–H groups in total. The number of rotatable bonds is 6. The molecule has 0 aliphatic rings. The number of nitrogens with zero attached hydrogens (tertiary/aromatic N) is 2. The molecule has 96 valence electrons. The van der Waals surface area contributed by atoms with Crippen LogP contribution in [0.5, 0.6) is 0 Å². The van der Waals surface area contributed by atoms with Crippen LogP contribution in [0.25, 0.3) is 0 Å². The molecule has 0 saturated carbocycles. The largest absolute Gasteiger partial charge is 0.481 e. The number of hydrogen-bond donors (Lipinski definition) is 1. The molecule has 17 heavy (non-hydrogen) atoms. The fraction of sp³-hybridized carbons (Fsp3) is 0.667. The Morgan fingerprint density at radius 2 is 2.12 bits per heavy atom. The van der Waals surface area contributed by atoms with Gasteiger partial charge in [-0.2, -0.15) is 0 Å². The molecular formula is C12H20N2O2S. The van der Waals surface area contributed by atoms with Crippen LogP contribution in [-0.2, 0) is 10.3 Å². The van der Waals surface area contributed by atoms with Crippen LogP contribution in [0.2, 0.25) is 0 Å². The summed E-state index contributed by atoms with van der Waals surface area (Å²) >= 11 is 1.29. The van der Waals surface area contributed by atoms with Crippen LogP contribution in [0.3, 0.4) is 0 Å². The van der Waals surface area contributed by atoms with E-state index >= 15 is 0 Å². The molecule has 0 radical (unpaired) electrons. The summed E-state index contributed by atoms with van der Waals surface area (Å²) in [7, 11) is 0. The van der Waals surface area contributed by atoms with E-state index in [0.717, 1.165) is 23.7 Å². The molecule has 0 bridgehead atoms. The Labute approximate surface area is 106 Å². The Morgan fingerprint density at radius 1 is 1.53 bits per heavy atom. The molecule has 0 amide bonds. The summed E-state index contributed by atoms with van der Waals surface area (Å²) < 4.78 is 2.17. The van der Waals surface area contributed by atoms with E-state index in [0.29, 0.717) is 0 Å². The smallest absolute Gasteiger partial charge is 0.313 e. The van der Waals surface area contributed by atoms with E-state index in [-0.39, 0.29) is 11.3 Å². The number of carboxylic acid groups (broad SMARTS) is 1. The molecule has 1 aromatic rings. The molecule has 0 saturated heterocycles. The predicted octanol–water partition coefficient (Wildman–Crippen LogP) is 2.90. The minimum atomic E-state index is -0.808. The molecule has 1 rings (SSSR count). The molecule has 0 aliphatic carbocycles. The maximum atomic E-state index is 10.6. The number of aryl methyl sites for hydroxylation is 1. The zero-order valence-electron chi connectivity index (χ0n) is 10.9. The van der Waals surface area contributed by atoms with E-state index in [1.54, 1.807) is 0 Å². The van der Waals surface area contributed by atoms with Gasteiger partial charge in [0.05, 0.1) is 5.75 Å². The summed E-state index contributed by atoms with van der Waals surface area (Å²) in [6.45, 7) is 8.50. The van der Waals surface area contributed by atoms with Crippen molar-refractivity contribution in [2.45, 2.75) is 51.2 Å². The monoisotopic (exact) mass is 256 g/mol. The molecule has 0 spiro atoms. The number of carboxylic acids is 1. The number of aromatic nitrogens is 2. The normalized spacial score (nSPS) is 11.8. The molecule has 1 aromatic heterocycles. The topological polar surface area (TPSA) is 55.1 Å². The summed E-state index contributed by atoms with van der Waals surface area (Å²) in [6.07, 6.45) is 3.82. The van der Waals surface area contributed by atoms with E-state index in [1.807, 2.05) is 13.1 Å². The van der Waals surface area contributed by atoms with Crippen molar-refractivity contribution >= 4 is 17.7 Å². The van der Waals surface area contributed by atoms with Crippen molar-refractivity contribution in [3.05, 3.63) is 11.9 Å². The molecule has 0 unspecified atom stereocenters. The van der Waals surface area contributed by atoms with Gasteiger partial charge in [0.2, 0.25) is 0 Å². The summed E-state index contributed by atoms with van der Waals surface area (Å²) in [5.41, 5.74) is 1.10. The highest BCUT2D eigenvalue weighted by Crippen LogP contribution is 2.31. The van der Waals surface area contributed by atoms with Gasteiger partial charge in [-0.1, -0.05) is 25.6 Å². The molecular weight excluding hydrogens is 236 g/mol.